The Kier molecular flexibility index (Phi) is 6.39. The smallest absolute Gasteiger partial charge is 0.243 e. The summed E-state index contributed by atoms with van der Waals surface area (Å²) in [5.74, 6) is -0.727. The summed E-state index contributed by atoms with van der Waals surface area (Å²) in [7, 11) is -3.90. The molecule has 3 aromatic carbocycles. The Hall–Kier alpha value is -3.03. The van der Waals surface area contributed by atoms with Crippen LogP contribution in [0.25, 0.3) is 0 Å². The maximum Gasteiger partial charge on any atom is 0.243 e. The normalized spacial score (nSPS) is 16.4. The zero-order chi connectivity index (χ0) is 22.7. The Bertz CT molecular complexity index is 1230. The standard InChI is InChI=1S/C25H25FN2O3S/c1-18-6-2-3-8-20(18)17-27-25(29)16-24-23-9-5-4-7-19(23)14-15-28(24)32(30,31)22-12-10-21(26)11-13-22/h2-13,24H,14-17H2,1H3,(H,27,29). The molecule has 3 aromatic rings. The number of sulfonamides is 1. The van der Waals surface area contributed by atoms with Gasteiger partial charge in [0.15, 0.2) is 0 Å². The van der Waals surface area contributed by atoms with E-state index in [4.69, 9.17) is 0 Å². The van der Waals surface area contributed by atoms with Crippen molar-refractivity contribution in [1.29, 1.82) is 0 Å². The van der Waals surface area contributed by atoms with Crippen molar-refractivity contribution < 1.29 is 17.6 Å². The molecule has 0 aliphatic carbocycles. The van der Waals surface area contributed by atoms with E-state index < -0.39 is 21.9 Å². The van der Waals surface area contributed by atoms with Gasteiger partial charge in [0.2, 0.25) is 15.9 Å². The van der Waals surface area contributed by atoms with Crippen molar-refractivity contribution in [2.75, 3.05) is 6.54 Å². The second-order valence-electron chi connectivity index (χ2n) is 7.94. The molecule has 0 radical (unpaired) electrons. The molecule has 4 rings (SSSR count). The van der Waals surface area contributed by atoms with Crippen LogP contribution in [0.1, 0.15) is 34.7 Å². The van der Waals surface area contributed by atoms with Crippen LogP contribution in [-0.4, -0.2) is 25.2 Å². The van der Waals surface area contributed by atoms with Crippen LogP contribution in [-0.2, 0) is 27.8 Å². The fraction of sp³-hybridized carbons (Fsp3) is 0.240. The summed E-state index contributed by atoms with van der Waals surface area (Å²) in [4.78, 5) is 12.9. The molecule has 5 nitrogen and oxygen atoms in total. The van der Waals surface area contributed by atoms with Gasteiger partial charge in [0.1, 0.15) is 5.82 Å². The Labute approximate surface area is 187 Å². The lowest BCUT2D eigenvalue weighted by atomic mass is 9.92. The lowest BCUT2D eigenvalue weighted by molar-refractivity contribution is -0.122. The molecular formula is C25H25FN2O3S. The zero-order valence-electron chi connectivity index (χ0n) is 17.8. The van der Waals surface area contributed by atoms with Crippen LogP contribution in [0, 0.1) is 12.7 Å². The highest BCUT2D eigenvalue weighted by Gasteiger charge is 2.37. The van der Waals surface area contributed by atoms with Gasteiger partial charge in [0.05, 0.1) is 10.9 Å². The molecule has 0 fully saturated rings. The first kappa shape index (κ1) is 22.2. The number of carbonyl (C=O) groups is 1. The molecule has 32 heavy (non-hydrogen) atoms. The minimum atomic E-state index is -3.90. The number of hydrogen-bond donors (Lipinski definition) is 1. The third kappa shape index (κ3) is 4.59. The highest BCUT2D eigenvalue weighted by atomic mass is 32.2. The molecule has 166 valence electrons. The van der Waals surface area contributed by atoms with Crippen molar-refractivity contribution in [3.8, 4) is 0 Å². The second kappa shape index (κ2) is 9.22. The first-order valence-corrected chi connectivity index (χ1v) is 12.0. The molecule has 1 aliphatic rings. The summed E-state index contributed by atoms with van der Waals surface area (Å²) in [5, 5.41) is 2.93. The number of rotatable bonds is 6. The van der Waals surface area contributed by atoms with Crippen LogP contribution in [0.4, 0.5) is 4.39 Å². The van der Waals surface area contributed by atoms with Crippen molar-refractivity contribution in [1.82, 2.24) is 9.62 Å². The van der Waals surface area contributed by atoms with Gasteiger partial charge in [-0.1, -0.05) is 48.5 Å². The second-order valence-corrected chi connectivity index (χ2v) is 9.83. The zero-order valence-corrected chi connectivity index (χ0v) is 18.6. The van der Waals surface area contributed by atoms with Gasteiger partial charge in [-0.2, -0.15) is 4.31 Å². The average Bonchev–Trinajstić information content (AvgIpc) is 2.79. The number of benzene rings is 3. The van der Waals surface area contributed by atoms with Crippen molar-refractivity contribution >= 4 is 15.9 Å². The molecule has 1 aliphatic heterocycles. The molecule has 1 N–H and O–H groups in total. The molecule has 0 spiro atoms. The van der Waals surface area contributed by atoms with Gasteiger partial charge in [-0.25, -0.2) is 12.8 Å². The number of nitrogens with one attached hydrogen (secondary N) is 1. The summed E-state index contributed by atoms with van der Waals surface area (Å²) >= 11 is 0. The highest BCUT2D eigenvalue weighted by molar-refractivity contribution is 7.89. The van der Waals surface area contributed by atoms with Crippen molar-refractivity contribution in [3.05, 3.63) is 101 Å². The molecule has 0 saturated carbocycles. The Morgan fingerprint density at radius 1 is 1.03 bits per heavy atom. The SMILES string of the molecule is Cc1ccccc1CNC(=O)CC1c2ccccc2CCN1S(=O)(=O)c1ccc(F)cc1. The number of carbonyl (C=O) groups excluding carboxylic acids is 1. The maximum atomic E-state index is 13.4. The fourth-order valence-electron chi connectivity index (χ4n) is 4.12. The Morgan fingerprint density at radius 2 is 1.72 bits per heavy atom. The summed E-state index contributed by atoms with van der Waals surface area (Å²) in [6.45, 7) is 2.62. The van der Waals surface area contributed by atoms with Gasteiger partial charge in [-0.3, -0.25) is 4.79 Å². The van der Waals surface area contributed by atoms with Gasteiger partial charge in [-0.15, -0.1) is 0 Å². The number of hydrogen-bond acceptors (Lipinski definition) is 3. The minimum Gasteiger partial charge on any atom is -0.352 e. The lowest BCUT2D eigenvalue weighted by Crippen LogP contribution is -2.42. The number of aryl methyl sites for hydroxylation is 1. The highest BCUT2D eigenvalue weighted by Crippen LogP contribution is 2.36. The monoisotopic (exact) mass is 452 g/mol. The number of nitrogens with zero attached hydrogens (tertiary/aromatic N) is 1. The minimum absolute atomic E-state index is 0.00329. The molecular weight excluding hydrogens is 427 g/mol. The molecule has 0 bridgehead atoms. The van der Waals surface area contributed by atoms with Crippen LogP contribution in [0.3, 0.4) is 0 Å². The molecule has 0 aromatic heterocycles. The first-order valence-electron chi connectivity index (χ1n) is 10.5. The lowest BCUT2D eigenvalue weighted by Gasteiger charge is -2.36. The number of fused-ring (bicyclic) bond motifs is 1. The van der Waals surface area contributed by atoms with Gasteiger partial charge in [-0.05, 0) is 59.9 Å². The fourth-order valence-corrected chi connectivity index (χ4v) is 5.73. The molecule has 1 unspecified atom stereocenters. The van der Waals surface area contributed by atoms with Crippen molar-refractivity contribution in [3.63, 3.8) is 0 Å². The summed E-state index contributed by atoms with van der Waals surface area (Å²) in [5.41, 5.74) is 3.96. The van der Waals surface area contributed by atoms with Gasteiger partial charge < -0.3 is 5.32 Å². The number of halogens is 1. The predicted molar refractivity (Wildman–Crippen MR) is 121 cm³/mol. The van der Waals surface area contributed by atoms with Crippen LogP contribution in [0.15, 0.2) is 77.7 Å². The van der Waals surface area contributed by atoms with E-state index in [9.17, 15) is 17.6 Å². The molecule has 1 atom stereocenters. The third-order valence-electron chi connectivity index (χ3n) is 5.90. The molecule has 1 amide bonds. The van der Waals surface area contributed by atoms with Crippen molar-refractivity contribution in [2.45, 2.75) is 37.2 Å². The van der Waals surface area contributed by atoms with Crippen LogP contribution < -0.4 is 5.32 Å². The van der Waals surface area contributed by atoms with E-state index in [1.165, 1.54) is 16.4 Å². The van der Waals surface area contributed by atoms with Gasteiger partial charge in [0, 0.05) is 19.5 Å². The van der Waals surface area contributed by atoms with Gasteiger partial charge in [0.25, 0.3) is 0 Å². The summed E-state index contributed by atoms with van der Waals surface area (Å²) in [6, 6.07) is 19.6. The van der Waals surface area contributed by atoms with E-state index in [1.807, 2.05) is 55.5 Å². The third-order valence-corrected chi connectivity index (χ3v) is 7.82. The summed E-state index contributed by atoms with van der Waals surface area (Å²) in [6.07, 6.45) is 0.557. The topological polar surface area (TPSA) is 66.5 Å². The quantitative estimate of drug-likeness (QED) is 0.612. The van der Waals surface area contributed by atoms with Crippen LogP contribution >= 0.6 is 0 Å². The van der Waals surface area contributed by atoms with E-state index in [0.717, 1.165) is 34.4 Å². The Morgan fingerprint density at radius 3 is 2.47 bits per heavy atom. The largest absolute Gasteiger partial charge is 0.352 e. The van der Waals surface area contributed by atoms with E-state index in [2.05, 4.69) is 5.32 Å². The number of amides is 1. The van der Waals surface area contributed by atoms with E-state index in [0.29, 0.717) is 13.0 Å². The van der Waals surface area contributed by atoms with Crippen molar-refractivity contribution in [2.24, 2.45) is 0 Å². The first-order chi connectivity index (χ1) is 15.4. The molecule has 7 heteroatoms. The average molecular weight is 453 g/mol. The summed E-state index contributed by atoms with van der Waals surface area (Å²) < 4.78 is 41.5. The maximum absolute atomic E-state index is 13.4. The van der Waals surface area contributed by atoms with Gasteiger partial charge >= 0.3 is 0 Å². The Balaban J connectivity index is 1.60. The molecule has 0 saturated heterocycles. The molecule has 1 heterocycles. The van der Waals surface area contributed by atoms with E-state index in [-0.39, 0.29) is 23.8 Å². The van der Waals surface area contributed by atoms with Crippen LogP contribution in [0.5, 0.6) is 0 Å². The predicted octanol–water partition coefficient (Wildman–Crippen LogP) is 4.13. The van der Waals surface area contributed by atoms with E-state index in [1.54, 1.807) is 0 Å². The van der Waals surface area contributed by atoms with E-state index >= 15 is 0 Å². The van der Waals surface area contributed by atoms with Crippen LogP contribution in [0.2, 0.25) is 0 Å².